The number of pyridine rings is 1. The number of benzene rings is 10. The molecule has 0 aliphatic carbocycles. The number of aromatic nitrogens is 2. The Balaban J connectivity index is 0.00000528. The third-order valence-electron chi connectivity index (χ3n) is 15.4. The van der Waals surface area contributed by atoms with Crippen molar-refractivity contribution in [1.82, 2.24) is 9.38 Å². The SMILES string of the molecule is CC(C)(C)c1cc(-c2ccccc2)c(N2[CH-]N3c4[c-]c(Oc5[c-]c6c(cc5)c5cccc7c8ccccc8c8ccccc8c8cccnc8n6c75)ccc4-c4ccccc4-c4cccc2c43)c(-c2ccccc2)c1.[Pt]. The third kappa shape index (κ3) is 7.06. The van der Waals surface area contributed by atoms with Crippen LogP contribution < -0.4 is 14.5 Å². The predicted octanol–water partition coefficient (Wildman–Crippen LogP) is 18.7. The van der Waals surface area contributed by atoms with Gasteiger partial charge in [-0.15, -0.1) is 41.9 Å². The van der Waals surface area contributed by atoms with Crippen molar-refractivity contribution >= 4 is 82.5 Å². The summed E-state index contributed by atoms with van der Waals surface area (Å²) in [5, 5.41) is 9.02. The van der Waals surface area contributed by atoms with Gasteiger partial charge in [0.2, 0.25) is 0 Å². The van der Waals surface area contributed by atoms with E-state index in [2.05, 4.69) is 254 Å². The Labute approximate surface area is 455 Å². The van der Waals surface area contributed by atoms with Crippen molar-refractivity contribution in [1.29, 1.82) is 0 Å². The third-order valence-corrected chi connectivity index (χ3v) is 15.4. The Kier molecular flexibility index (Phi) is 10.7. The maximum absolute atomic E-state index is 7.02. The van der Waals surface area contributed by atoms with Gasteiger partial charge >= 0.3 is 0 Å². The molecule has 0 saturated heterocycles. The molecule has 10 aromatic carbocycles. The molecule has 0 atom stereocenters. The molecule has 0 unspecified atom stereocenters. The summed E-state index contributed by atoms with van der Waals surface area (Å²) < 4.78 is 9.31. The molecular weight excluding hydrogens is 1110 g/mol. The average Bonchev–Trinajstić information content (AvgIpc) is 4.11. The molecule has 5 nitrogen and oxygen atoms in total. The fourth-order valence-electron chi connectivity index (χ4n) is 11.9. The van der Waals surface area contributed by atoms with Crippen molar-refractivity contribution < 1.29 is 25.8 Å². The smallest absolute Gasteiger partial charge is 0.143 e. The number of hydrogen-bond donors (Lipinski definition) is 0. The van der Waals surface area contributed by atoms with E-state index in [-0.39, 0.29) is 26.5 Å². The fourth-order valence-corrected chi connectivity index (χ4v) is 11.9. The minimum absolute atomic E-state index is 0. The molecule has 15 rings (SSSR count). The first-order chi connectivity index (χ1) is 36.9. The van der Waals surface area contributed by atoms with E-state index < -0.39 is 0 Å². The number of rotatable bonds is 5. The largest absolute Gasteiger partial charge is 0.509 e. The fraction of sp³-hybridized carbons (Fsp3) is 0.0571. The molecule has 0 bridgehead atoms. The van der Waals surface area contributed by atoms with Gasteiger partial charge in [-0.1, -0.05) is 201 Å². The number of para-hydroxylation sites is 2. The molecule has 13 aromatic rings. The number of anilines is 4. The Morgan fingerprint density at radius 1 is 0.434 bits per heavy atom. The van der Waals surface area contributed by atoms with Crippen LogP contribution in [0.5, 0.6) is 11.5 Å². The van der Waals surface area contributed by atoms with Crippen molar-refractivity contribution in [3.63, 3.8) is 0 Å². The summed E-state index contributed by atoms with van der Waals surface area (Å²) in [7, 11) is 0. The van der Waals surface area contributed by atoms with Gasteiger partial charge in [0.25, 0.3) is 0 Å². The summed E-state index contributed by atoms with van der Waals surface area (Å²) in [6, 6.07) is 86.3. The zero-order chi connectivity index (χ0) is 49.9. The molecule has 2 aliphatic rings. The second-order valence-corrected chi connectivity index (χ2v) is 20.8. The van der Waals surface area contributed by atoms with E-state index in [1.807, 2.05) is 24.4 Å². The molecule has 366 valence electrons. The van der Waals surface area contributed by atoms with Crippen molar-refractivity contribution in [3.05, 3.63) is 249 Å². The molecule has 0 spiro atoms. The molecule has 76 heavy (non-hydrogen) atoms. The normalized spacial score (nSPS) is 12.7. The first kappa shape index (κ1) is 45.8. The summed E-state index contributed by atoms with van der Waals surface area (Å²) in [5.41, 5.74) is 17.3. The average molecular weight is 1160 g/mol. The summed E-state index contributed by atoms with van der Waals surface area (Å²) in [6.07, 6.45) is 1.89. The van der Waals surface area contributed by atoms with Gasteiger partial charge in [-0.25, -0.2) is 4.98 Å². The van der Waals surface area contributed by atoms with E-state index in [0.29, 0.717) is 11.5 Å². The van der Waals surface area contributed by atoms with Crippen LogP contribution in [-0.4, -0.2) is 9.38 Å². The van der Waals surface area contributed by atoms with E-state index in [0.717, 1.165) is 94.2 Å². The summed E-state index contributed by atoms with van der Waals surface area (Å²) in [6.45, 7) is 9.17. The van der Waals surface area contributed by atoms with Crippen LogP contribution in [0.3, 0.4) is 0 Å². The molecule has 6 heteroatoms. The summed E-state index contributed by atoms with van der Waals surface area (Å²) in [4.78, 5) is 9.91. The van der Waals surface area contributed by atoms with Crippen LogP contribution in [0, 0.1) is 18.8 Å². The van der Waals surface area contributed by atoms with Crippen LogP contribution >= 0.6 is 0 Å². The molecule has 5 heterocycles. The van der Waals surface area contributed by atoms with Crippen LogP contribution in [0.2, 0.25) is 0 Å². The van der Waals surface area contributed by atoms with Crippen LogP contribution in [0.1, 0.15) is 26.3 Å². The minimum Gasteiger partial charge on any atom is -0.509 e. The van der Waals surface area contributed by atoms with Crippen molar-refractivity contribution in [2.45, 2.75) is 26.2 Å². The molecule has 0 saturated carbocycles. The van der Waals surface area contributed by atoms with Gasteiger partial charge in [0.1, 0.15) is 5.65 Å². The maximum Gasteiger partial charge on any atom is 0.143 e. The van der Waals surface area contributed by atoms with Gasteiger partial charge in [0, 0.05) is 88.8 Å². The van der Waals surface area contributed by atoms with Crippen molar-refractivity contribution in [2.75, 3.05) is 9.80 Å². The molecule has 0 radical (unpaired) electrons. The Bertz CT molecular complexity index is 4480. The molecule has 0 fully saturated rings. The van der Waals surface area contributed by atoms with E-state index >= 15 is 0 Å². The van der Waals surface area contributed by atoms with Gasteiger partial charge in [-0.2, -0.15) is 12.1 Å². The zero-order valence-corrected chi connectivity index (χ0v) is 44.2. The predicted molar refractivity (Wildman–Crippen MR) is 311 cm³/mol. The Hall–Kier alpha value is -8.76. The molecular formula is C70H47N4OPt-3. The second kappa shape index (κ2) is 17.7. The maximum atomic E-state index is 7.02. The summed E-state index contributed by atoms with van der Waals surface area (Å²) >= 11 is 0. The number of hydrogen-bond acceptors (Lipinski definition) is 4. The van der Waals surface area contributed by atoms with Crippen molar-refractivity contribution in [3.8, 4) is 56.0 Å². The molecule has 0 amide bonds. The number of fused-ring (bicyclic) bond motifs is 15. The quantitative estimate of drug-likeness (QED) is 0.161. The van der Waals surface area contributed by atoms with Gasteiger partial charge in [-0.3, -0.25) is 0 Å². The monoisotopic (exact) mass is 1150 g/mol. The van der Waals surface area contributed by atoms with Crippen LogP contribution in [0.4, 0.5) is 22.7 Å². The van der Waals surface area contributed by atoms with E-state index in [1.165, 1.54) is 38.4 Å². The first-order valence-electron chi connectivity index (χ1n) is 25.7. The number of ether oxygens (including phenoxy) is 1. The molecule has 0 N–H and O–H groups in total. The van der Waals surface area contributed by atoms with E-state index in [4.69, 9.17) is 9.72 Å². The zero-order valence-electron chi connectivity index (χ0n) is 42.0. The molecule has 2 aliphatic heterocycles. The minimum atomic E-state index is -0.0961. The van der Waals surface area contributed by atoms with E-state index in [1.54, 1.807) is 0 Å². The second-order valence-electron chi connectivity index (χ2n) is 20.8. The van der Waals surface area contributed by atoms with Crippen LogP contribution in [-0.2, 0) is 26.5 Å². The van der Waals surface area contributed by atoms with Crippen LogP contribution in [0.25, 0.3) is 104 Å². The molecule has 3 aromatic heterocycles. The Morgan fingerprint density at radius 2 is 0.961 bits per heavy atom. The van der Waals surface area contributed by atoms with Crippen LogP contribution in [0.15, 0.2) is 225 Å². The topological polar surface area (TPSA) is 33.0 Å². The summed E-state index contributed by atoms with van der Waals surface area (Å²) in [5.74, 6) is 1.17. The van der Waals surface area contributed by atoms with Gasteiger partial charge < -0.3 is 18.9 Å². The van der Waals surface area contributed by atoms with Gasteiger partial charge in [0.15, 0.2) is 0 Å². The number of nitrogens with zero attached hydrogens (tertiary/aromatic N) is 4. The Morgan fingerprint density at radius 3 is 1.63 bits per heavy atom. The van der Waals surface area contributed by atoms with Gasteiger partial charge in [0.05, 0.1) is 0 Å². The van der Waals surface area contributed by atoms with E-state index in [9.17, 15) is 0 Å². The first-order valence-corrected chi connectivity index (χ1v) is 25.7. The standard InChI is InChI=1S/C70H47N4O.Pt/c1-70(2,3)46-39-61(44-19-6-4-7-20-44)66(62(40-46)45-21-8-5-9-22-45)72-43-73-64-41-47(34-36-55(64)51-25-12-14-27-53(51)58-31-17-33-63(72)68(58)73)75-48-35-37-56-59-30-16-29-57-52-26-13-10-23-49(52)50-24-11-15-28-54(50)60-32-18-38-71-69(60)74(67(57)59)65(56)42-48;/h4-40,43H,1-3H3;/q-3;. The van der Waals surface area contributed by atoms with Gasteiger partial charge in [-0.05, 0) is 84.9 Å². The van der Waals surface area contributed by atoms with Crippen molar-refractivity contribution in [2.24, 2.45) is 0 Å².